The standard InChI is InChI=1S/C13H13NO2/c1-16-12-5-3-2-4-10(12)11(8-14)13(15)9-6-7-9/h2-5,9,11H,6-7H2,1H3. The summed E-state index contributed by atoms with van der Waals surface area (Å²) in [5.41, 5.74) is 0.685. The quantitative estimate of drug-likeness (QED) is 0.774. The van der Waals surface area contributed by atoms with Crippen molar-refractivity contribution in [3.8, 4) is 11.8 Å². The molecule has 82 valence electrons. The number of carbonyl (C=O) groups excluding carboxylic acids is 1. The summed E-state index contributed by atoms with van der Waals surface area (Å²) in [5.74, 6) is 0.0632. The number of para-hydroxylation sites is 1. The number of carbonyl (C=O) groups is 1. The Kier molecular flexibility index (Phi) is 2.91. The number of hydrogen-bond acceptors (Lipinski definition) is 3. The third kappa shape index (κ3) is 1.92. The van der Waals surface area contributed by atoms with Gasteiger partial charge in [-0.3, -0.25) is 4.79 Å². The number of Topliss-reactive ketones (excluding diaryl/α,β-unsaturated/α-hetero) is 1. The van der Waals surface area contributed by atoms with E-state index in [0.717, 1.165) is 12.8 Å². The molecule has 0 aliphatic heterocycles. The van der Waals surface area contributed by atoms with Gasteiger partial charge in [-0.15, -0.1) is 0 Å². The lowest BCUT2D eigenvalue weighted by molar-refractivity contribution is -0.120. The van der Waals surface area contributed by atoms with Crippen LogP contribution in [-0.4, -0.2) is 12.9 Å². The van der Waals surface area contributed by atoms with Gasteiger partial charge in [-0.2, -0.15) is 5.26 Å². The zero-order chi connectivity index (χ0) is 11.5. The fourth-order valence-electron chi connectivity index (χ4n) is 1.79. The fourth-order valence-corrected chi connectivity index (χ4v) is 1.79. The highest BCUT2D eigenvalue weighted by Crippen LogP contribution is 2.37. The number of rotatable bonds is 4. The molecule has 3 heteroatoms. The average molecular weight is 215 g/mol. The van der Waals surface area contributed by atoms with Gasteiger partial charge < -0.3 is 4.74 Å². The maximum atomic E-state index is 11.9. The summed E-state index contributed by atoms with van der Waals surface area (Å²) >= 11 is 0. The van der Waals surface area contributed by atoms with Crippen molar-refractivity contribution in [3.05, 3.63) is 29.8 Å². The van der Waals surface area contributed by atoms with Gasteiger partial charge in [-0.25, -0.2) is 0 Å². The van der Waals surface area contributed by atoms with Crippen molar-refractivity contribution < 1.29 is 9.53 Å². The third-order valence-corrected chi connectivity index (χ3v) is 2.84. The smallest absolute Gasteiger partial charge is 0.157 e. The van der Waals surface area contributed by atoms with E-state index in [1.54, 1.807) is 19.2 Å². The van der Waals surface area contributed by atoms with Crippen molar-refractivity contribution in [3.63, 3.8) is 0 Å². The van der Waals surface area contributed by atoms with E-state index < -0.39 is 5.92 Å². The van der Waals surface area contributed by atoms with Crippen molar-refractivity contribution in [2.45, 2.75) is 18.8 Å². The molecule has 0 spiro atoms. The molecule has 16 heavy (non-hydrogen) atoms. The largest absolute Gasteiger partial charge is 0.496 e. The number of methoxy groups -OCH3 is 1. The van der Waals surface area contributed by atoms with E-state index in [4.69, 9.17) is 10.00 Å². The Morgan fingerprint density at radius 2 is 2.19 bits per heavy atom. The number of hydrogen-bond donors (Lipinski definition) is 0. The van der Waals surface area contributed by atoms with Gasteiger partial charge in [-0.1, -0.05) is 18.2 Å². The molecule has 0 bridgehead atoms. The molecular weight excluding hydrogens is 202 g/mol. The number of benzene rings is 1. The second kappa shape index (κ2) is 4.36. The Labute approximate surface area is 94.6 Å². The molecule has 1 fully saturated rings. The highest BCUT2D eigenvalue weighted by molar-refractivity contribution is 5.92. The minimum Gasteiger partial charge on any atom is -0.496 e. The van der Waals surface area contributed by atoms with Crippen molar-refractivity contribution in [1.82, 2.24) is 0 Å². The molecule has 1 atom stereocenters. The van der Waals surface area contributed by atoms with Crippen LogP contribution in [0.1, 0.15) is 24.3 Å². The molecule has 1 saturated carbocycles. The van der Waals surface area contributed by atoms with E-state index in [1.807, 2.05) is 12.1 Å². The molecule has 1 aromatic rings. The Bertz CT molecular complexity index is 443. The molecule has 1 unspecified atom stereocenters. The molecule has 0 N–H and O–H groups in total. The predicted octanol–water partition coefficient (Wildman–Crippen LogP) is 2.28. The van der Waals surface area contributed by atoms with Crippen LogP contribution in [0.15, 0.2) is 24.3 Å². The van der Waals surface area contributed by atoms with Gasteiger partial charge in [-0.05, 0) is 18.9 Å². The van der Waals surface area contributed by atoms with E-state index in [1.165, 1.54) is 0 Å². The van der Waals surface area contributed by atoms with Crippen LogP contribution in [0, 0.1) is 17.2 Å². The summed E-state index contributed by atoms with van der Waals surface area (Å²) in [7, 11) is 1.55. The van der Waals surface area contributed by atoms with Crippen LogP contribution >= 0.6 is 0 Å². The van der Waals surface area contributed by atoms with Crippen LogP contribution in [0.2, 0.25) is 0 Å². The molecule has 0 aromatic heterocycles. The normalized spacial score (nSPS) is 16.2. The van der Waals surface area contributed by atoms with Gasteiger partial charge in [0.15, 0.2) is 5.78 Å². The van der Waals surface area contributed by atoms with E-state index in [-0.39, 0.29) is 11.7 Å². The zero-order valence-corrected chi connectivity index (χ0v) is 9.14. The summed E-state index contributed by atoms with van der Waals surface area (Å²) in [6, 6.07) is 9.30. The van der Waals surface area contributed by atoms with E-state index in [9.17, 15) is 4.79 Å². The molecule has 1 aromatic carbocycles. The lowest BCUT2D eigenvalue weighted by atomic mass is 9.93. The molecule has 0 amide bonds. The van der Waals surface area contributed by atoms with Crippen molar-refractivity contribution in [1.29, 1.82) is 5.26 Å². The summed E-state index contributed by atoms with van der Waals surface area (Å²) in [6.07, 6.45) is 1.85. The highest BCUT2D eigenvalue weighted by atomic mass is 16.5. The average Bonchev–Trinajstić information content (AvgIpc) is 3.14. The molecule has 2 rings (SSSR count). The van der Waals surface area contributed by atoms with Crippen LogP contribution < -0.4 is 4.74 Å². The van der Waals surface area contributed by atoms with Crippen LogP contribution in [0.25, 0.3) is 0 Å². The van der Waals surface area contributed by atoms with Gasteiger partial charge in [0.2, 0.25) is 0 Å². The van der Waals surface area contributed by atoms with Crippen LogP contribution in [0.5, 0.6) is 5.75 Å². The Hall–Kier alpha value is -1.82. The zero-order valence-electron chi connectivity index (χ0n) is 9.14. The van der Waals surface area contributed by atoms with Crippen LogP contribution in [0.4, 0.5) is 0 Å². The maximum Gasteiger partial charge on any atom is 0.157 e. The fraction of sp³-hybridized carbons (Fsp3) is 0.385. The van der Waals surface area contributed by atoms with E-state index in [2.05, 4.69) is 6.07 Å². The number of ketones is 1. The molecular formula is C13H13NO2. The SMILES string of the molecule is COc1ccccc1C(C#N)C(=O)C1CC1. The predicted molar refractivity (Wildman–Crippen MR) is 59.1 cm³/mol. The first-order valence-corrected chi connectivity index (χ1v) is 5.34. The minimum atomic E-state index is -0.677. The lowest BCUT2D eigenvalue weighted by Gasteiger charge is -2.12. The topological polar surface area (TPSA) is 50.1 Å². The molecule has 3 nitrogen and oxygen atoms in total. The molecule has 0 saturated heterocycles. The summed E-state index contributed by atoms with van der Waals surface area (Å²) in [5, 5.41) is 9.12. The summed E-state index contributed by atoms with van der Waals surface area (Å²) in [4.78, 5) is 11.9. The van der Waals surface area contributed by atoms with Gasteiger partial charge in [0.25, 0.3) is 0 Å². The second-order valence-electron chi connectivity index (χ2n) is 3.98. The van der Waals surface area contributed by atoms with E-state index in [0.29, 0.717) is 11.3 Å². The molecule has 1 aliphatic carbocycles. The molecule has 0 heterocycles. The van der Waals surface area contributed by atoms with Crippen LogP contribution in [0.3, 0.4) is 0 Å². The summed E-state index contributed by atoms with van der Waals surface area (Å²) in [6.45, 7) is 0. The monoisotopic (exact) mass is 215 g/mol. The van der Waals surface area contributed by atoms with Gasteiger partial charge in [0.05, 0.1) is 13.2 Å². The van der Waals surface area contributed by atoms with Gasteiger partial charge in [0.1, 0.15) is 11.7 Å². The van der Waals surface area contributed by atoms with Gasteiger partial charge >= 0.3 is 0 Å². The third-order valence-electron chi connectivity index (χ3n) is 2.84. The van der Waals surface area contributed by atoms with E-state index >= 15 is 0 Å². The Morgan fingerprint density at radius 1 is 1.50 bits per heavy atom. The van der Waals surface area contributed by atoms with Crippen molar-refractivity contribution in [2.75, 3.05) is 7.11 Å². The molecule has 1 aliphatic rings. The first-order chi connectivity index (χ1) is 7.77. The van der Waals surface area contributed by atoms with Crippen LogP contribution in [-0.2, 0) is 4.79 Å². The number of nitrogens with zero attached hydrogens (tertiary/aromatic N) is 1. The summed E-state index contributed by atoms with van der Waals surface area (Å²) < 4.78 is 5.18. The lowest BCUT2D eigenvalue weighted by Crippen LogP contribution is -2.13. The van der Waals surface area contributed by atoms with Crippen molar-refractivity contribution >= 4 is 5.78 Å². The maximum absolute atomic E-state index is 11.9. The first-order valence-electron chi connectivity index (χ1n) is 5.34. The van der Waals surface area contributed by atoms with Gasteiger partial charge in [0, 0.05) is 11.5 Å². The Balaban J connectivity index is 2.32. The molecule has 0 radical (unpaired) electrons. The highest BCUT2D eigenvalue weighted by Gasteiger charge is 2.36. The Morgan fingerprint density at radius 3 is 2.75 bits per heavy atom. The minimum absolute atomic E-state index is 0.0343. The second-order valence-corrected chi connectivity index (χ2v) is 3.98. The number of nitriles is 1. The van der Waals surface area contributed by atoms with Crippen molar-refractivity contribution in [2.24, 2.45) is 5.92 Å². The number of ether oxygens (including phenoxy) is 1. The first kappa shape index (κ1) is 10.7.